The minimum absolute atomic E-state index is 0.117. The Bertz CT molecular complexity index is 688. The van der Waals surface area contributed by atoms with Crippen LogP contribution in [0.1, 0.15) is 22.5 Å². The predicted octanol–water partition coefficient (Wildman–Crippen LogP) is 1.92. The van der Waals surface area contributed by atoms with Gasteiger partial charge in [-0.25, -0.2) is 0 Å². The number of hydrogen-bond donors (Lipinski definition) is 3. The lowest BCUT2D eigenvalue weighted by Crippen LogP contribution is -2.43. The lowest BCUT2D eigenvalue weighted by atomic mass is 10.1. The third-order valence-electron chi connectivity index (χ3n) is 3.67. The van der Waals surface area contributed by atoms with E-state index in [1.165, 1.54) is 16.7 Å². The second-order valence-electron chi connectivity index (χ2n) is 5.95. The number of amides is 1. The van der Waals surface area contributed by atoms with Gasteiger partial charge in [-0.2, -0.15) is 0 Å². The molecule has 0 saturated heterocycles. The minimum Gasteiger partial charge on any atom is -0.467 e. The van der Waals surface area contributed by atoms with Gasteiger partial charge in [0.1, 0.15) is 5.76 Å². The van der Waals surface area contributed by atoms with Crippen LogP contribution in [0.3, 0.4) is 0 Å². The molecule has 6 heteroatoms. The minimum atomic E-state index is -0.117. The standard InChI is InChI=1S/C19H26N4O2/c1-14-9-15(2)11-16(10-14)6-7-21-19(20-3)23-13-18(24)22-12-17-5-4-8-25-17/h4-5,8-11H,6-7,12-13H2,1-3H3,(H,22,24)(H2,20,21,23). The highest BCUT2D eigenvalue weighted by molar-refractivity contribution is 5.86. The van der Waals surface area contributed by atoms with Crippen molar-refractivity contribution in [2.75, 3.05) is 20.1 Å². The molecule has 0 aliphatic heterocycles. The van der Waals surface area contributed by atoms with E-state index < -0.39 is 0 Å². The zero-order chi connectivity index (χ0) is 18.1. The molecule has 25 heavy (non-hydrogen) atoms. The molecular formula is C19H26N4O2. The number of rotatable bonds is 7. The molecule has 0 saturated carbocycles. The molecule has 0 bridgehead atoms. The van der Waals surface area contributed by atoms with E-state index in [1.54, 1.807) is 19.4 Å². The Morgan fingerprint density at radius 1 is 1.12 bits per heavy atom. The van der Waals surface area contributed by atoms with Crippen molar-refractivity contribution < 1.29 is 9.21 Å². The molecule has 1 amide bonds. The maximum absolute atomic E-state index is 11.8. The molecule has 2 rings (SSSR count). The summed E-state index contributed by atoms with van der Waals surface area (Å²) in [5, 5.41) is 9.01. The van der Waals surface area contributed by atoms with Crippen LogP contribution in [0.25, 0.3) is 0 Å². The summed E-state index contributed by atoms with van der Waals surface area (Å²) in [6.45, 7) is 5.49. The number of nitrogens with zero attached hydrogens (tertiary/aromatic N) is 1. The number of guanidine groups is 1. The number of aliphatic imine (C=N–C) groups is 1. The highest BCUT2D eigenvalue weighted by Crippen LogP contribution is 2.08. The van der Waals surface area contributed by atoms with Crippen LogP contribution in [0.2, 0.25) is 0 Å². The zero-order valence-electron chi connectivity index (χ0n) is 15.1. The van der Waals surface area contributed by atoms with E-state index in [2.05, 4.69) is 53.0 Å². The molecule has 0 aliphatic carbocycles. The Labute approximate surface area is 148 Å². The van der Waals surface area contributed by atoms with Crippen molar-refractivity contribution in [1.29, 1.82) is 0 Å². The fraction of sp³-hybridized carbons (Fsp3) is 0.368. The third-order valence-corrected chi connectivity index (χ3v) is 3.67. The van der Waals surface area contributed by atoms with Crippen LogP contribution in [0.15, 0.2) is 46.0 Å². The highest BCUT2D eigenvalue weighted by Gasteiger charge is 2.05. The summed E-state index contributed by atoms with van der Waals surface area (Å²) < 4.78 is 5.17. The second-order valence-corrected chi connectivity index (χ2v) is 5.95. The average Bonchev–Trinajstić information content (AvgIpc) is 3.08. The molecule has 0 atom stereocenters. The molecule has 3 N–H and O–H groups in total. The maximum Gasteiger partial charge on any atom is 0.239 e. The Kier molecular flexibility index (Phi) is 7.07. The first-order valence-corrected chi connectivity index (χ1v) is 8.37. The van der Waals surface area contributed by atoms with Crippen molar-refractivity contribution in [1.82, 2.24) is 16.0 Å². The van der Waals surface area contributed by atoms with Gasteiger partial charge in [-0.1, -0.05) is 29.3 Å². The van der Waals surface area contributed by atoms with Crippen molar-refractivity contribution >= 4 is 11.9 Å². The van der Waals surface area contributed by atoms with E-state index in [9.17, 15) is 4.79 Å². The molecule has 2 aromatic rings. The quantitative estimate of drug-likeness (QED) is 0.531. The monoisotopic (exact) mass is 342 g/mol. The number of furan rings is 1. The van der Waals surface area contributed by atoms with Gasteiger partial charge in [-0.05, 0) is 38.0 Å². The van der Waals surface area contributed by atoms with E-state index in [4.69, 9.17) is 4.42 Å². The third kappa shape index (κ3) is 6.71. The molecule has 0 aliphatic rings. The summed E-state index contributed by atoms with van der Waals surface area (Å²) in [7, 11) is 1.69. The molecule has 6 nitrogen and oxygen atoms in total. The molecule has 1 aromatic carbocycles. The van der Waals surface area contributed by atoms with Gasteiger partial charge in [0.25, 0.3) is 0 Å². The maximum atomic E-state index is 11.8. The molecule has 0 unspecified atom stereocenters. The summed E-state index contributed by atoms with van der Waals surface area (Å²) in [6.07, 6.45) is 2.48. The van der Waals surface area contributed by atoms with E-state index in [0.717, 1.165) is 18.7 Å². The number of nitrogens with one attached hydrogen (secondary N) is 3. The molecule has 1 heterocycles. The molecule has 0 fully saturated rings. The smallest absolute Gasteiger partial charge is 0.239 e. The molecular weight excluding hydrogens is 316 g/mol. The lowest BCUT2D eigenvalue weighted by molar-refractivity contribution is -0.120. The van der Waals surface area contributed by atoms with Gasteiger partial charge < -0.3 is 20.4 Å². The van der Waals surface area contributed by atoms with Crippen LogP contribution in [-0.2, 0) is 17.8 Å². The van der Waals surface area contributed by atoms with Crippen LogP contribution in [0.5, 0.6) is 0 Å². The van der Waals surface area contributed by atoms with Gasteiger partial charge in [0.2, 0.25) is 5.91 Å². The fourth-order valence-electron chi connectivity index (χ4n) is 2.58. The van der Waals surface area contributed by atoms with Crippen molar-refractivity contribution in [2.45, 2.75) is 26.8 Å². The largest absolute Gasteiger partial charge is 0.467 e. The summed E-state index contributed by atoms with van der Waals surface area (Å²) >= 11 is 0. The van der Waals surface area contributed by atoms with E-state index in [0.29, 0.717) is 12.5 Å². The van der Waals surface area contributed by atoms with Gasteiger partial charge in [-0.3, -0.25) is 9.79 Å². The summed E-state index contributed by atoms with van der Waals surface area (Å²) in [6, 6.07) is 10.2. The molecule has 0 spiro atoms. The number of aryl methyl sites for hydroxylation is 2. The first-order valence-electron chi connectivity index (χ1n) is 8.37. The normalized spacial score (nSPS) is 11.2. The van der Waals surface area contributed by atoms with Crippen molar-refractivity contribution in [3.8, 4) is 0 Å². The average molecular weight is 342 g/mol. The summed E-state index contributed by atoms with van der Waals surface area (Å²) in [5.74, 6) is 1.22. The lowest BCUT2D eigenvalue weighted by Gasteiger charge is -2.12. The van der Waals surface area contributed by atoms with Crippen molar-refractivity contribution in [3.05, 3.63) is 59.0 Å². The fourth-order valence-corrected chi connectivity index (χ4v) is 2.58. The molecule has 1 aromatic heterocycles. The Balaban J connectivity index is 1.68. The topological polar surface area (TPSA) is 78.7 Å². The van der Waals surface area contributed by atoms with E-state index in [-0.39, 0.29) is 12.5 Å². The van der Waals surface area contributed by atoms with Crippen LogP contribution < -0.4 is 16.0 Å². The van der Waals surface area contributed by atoms with Gasteiger partial charge in [-0.15, -0.1) is 0 Å². The van der Waals surface area contributed by atoms with Gasteiger partial charge in [0, 0.05) is 13.6 Å². The van der Waals surface area contributed by atoms with Crippen LogP contribution in [-0.4, -0.2) is 32.0 Å². The van der Waals surface area contributed by atoms with Crippen LogP contribution in [0.4, 0.5) is 0 Å². The number of hydrogen-bond acceptors (Lipinski definition) is 3. The Morgan fingerprint density at radius 2 is 1.88 bits per heavy atom. The highest BCUT2D eigenvalue weighted by atomic mass is 16.3. The Morgan fingerprint density at radius 3 is 2.52 bits per heavy atom. The van der Waals surface area contributed by atoms with Crippen LogP contribution in [0, 0.1) is 13.8 Å². The van der Waals surface area contributed by atoms with Gasteiger partial charge >= 0.3 is 0 Å². The first kappa shape index (κ1) is 18.6. The molecule has 134 valence electrons. The SMILES string of the molecule is CN=C(NCCc1cc(C)cc(C)c1)NCC(=O)NCc1ccco1. The summed E-state index contributed by atoms with van der Waals surface area (Å²) in [4.78, 5) is 16.0. The summed E-state index contributed by atoms with van der Waals surface area (Å²) in [5.41, 5.74) is 3.83. The number of carbonyl (C=O) groups excluding carboxylic acids is 1. The van der Waals surface area contributed by atoms with E-state index in [1.807, 2.05) is 6.07 Å². The number of carbonyl (C=O) groups is 1. The predicted molar refractivity (Wildman–Crippen MR) is 99.5 cm³/mol. The van der Waals surface area contributed by atoms with Crippen molar-refractivity contribution in [2.24, 2.45) is 4.99 Å². The number of benzene rings is 1. The van der Waals surface area contributed by atoms with Crippen LogP contribution >= 0.6 is 0 Å². The van der Waals surface area contributed by atoms with Gasteiger partial charge in [0.05, 0.1) is 19.4 Å². The Hall–Kier alpha value is -2.76. The zero-order valence-corrected chi connectivity index (χ0v) is 15.1. The van der Waals surface area contributed by atoms with Gasteiger partial charge in [0.15, 0.2) is 5.96 Å². The second kappa shape index (κ2) is 9.52. The van der Waals surface area contributed by atoms with E-state index >= 15 is 0 Å². The molecule has 0 radical (unpaired) electrons. The van der Waals surface area contributed by atoms with Crippen molar-refractivity contribution in [3.63, 3.8) is 0 Å². The first-order chi connectivity index (χ1) is 12.1.